The molecule has 2 amide bonds. The number of benzene rings is 1. The zero-order valence-corrected chi connectivity index (χ0v) is 19.7. The molecule has 0 radical (unpaired) electrons. The van der Waals surface area contributed by atoms with Crippen LogP contribution >= 0.6 is 0 Å². The SMILES string of the molecule is CCc1cc(C(=O)NCc2c(C)ncc3c2CCN(C(=O)c2cccc(-c4ccco4)c2)C3)no1. The van der Waals surface area contributed by atoms with E-state index in [2.05, 4.69) is 15.5 Å². The molecular formula is C27H26N4O4. The van der Waals surface area contributed by atoms with Crippen LogP contribution in [0.25, 0.3) is 11.3 Å². The summed E-state index contributed by atoms with van der Waals surface area (Å²) in [5.41, 5.74) is 5.75. The summed E-state index contributed by atoms with van der Waals surface area (Å²) < 4.78 is 10.6. The van der Waals surface area contributed by atoms with Gasteiger partial charge in [0.05, 0.1) is 6.26 Å². The average molecular weight is 471 g/mol. The lowest BCUT2D eigenvalue weighted by Gasteiger charge is -2.30. The van der Waals surface area contributed by atoms with Crippen LogP contribution in [0.3, 0.4) is 0 Å². The van der Waals surface area contributed by atoms with Crippen LogP contribution in [0.2, 0.25) is 0 Å². The van der Waals surface area contributed by atoms with Crippen molar-refractivity contribution in [3.05, 3.63) is 94.3 Å². The quantitative estimate of drug-likeness (QED) is 0.450. The summed E-state index contributed by atoms with van der Waals surface area (Å²) in [5.74, 6) is 1.09. The normalized spacial score (nSPS) is 12.9. The highest BCUT2D eigenvalue weighted by Crippen LogP contribution is 2.26. The number of pyridine rings is 1. The van der Waals surface area contributed by atoms with E-state index in [4.69, 9.17) is 8.94 Å². The second kappa shape index (κ2) is 9.58. The first-order valence-electron chi connectivity index (χ1n) is 11.7. The van der Waals surface area contributed by atoms with Gasteiger partial charge in [0.2, 0.25) is 0 Å². The maximum atomic E-state index is 13.3. The lowest BCUT2D eigenvalue weighted by Crippen LogP contribution is -2.37. The van der Waals surface area contributed by atoms with E-state index in [1.54, 1.807) is 12.3 Å². The van der Waals surface area contributed by atoms with E-state index in [-0.39, 0.29) is 17.5 Å². The van der Waals surface area contributed by atoms with Gasteiger partial charge >= 0.3 is 0 Å². The summed E-state index contributed by atoms with van der Waals surface area (Å²) in [6.45, 7) is 5.28. The van der Waals surface area contributed by atoms with Gasteiger partial charge in [-0.25, -0.2) is 0 Å². The minimum atomic E-state index is -0.283. The first-order valence-corrected chi connectivity index (χ1v) is 11.7. The lowest BCUT2D eigenvalue weighted by atomic mass is 9.94. The molecule has 8 nitrogen and oxygen atoms in total. The predicted molar refractivity (Wildman–Crippen MR) is 129 cm³/mol. The lowest BCUT2D eigenvalue weighted by molar-refractivity contribution is 0.0734. The molecule has 1 aromatic carbocycles. The number of nitrogens with zero attached hydrogens (tertiary/aromatic N) is 3. The van der Waals surface area contributed by atoms with E-state index in [0.29, 0.717) is 43.8 Å². The van der Waals surface area contributed by atoms with Crippen molar-refractivity contribution < 1.29 is 18.5 Å². The molecule has 0 aliphatic carbocycles. The van der Waals surface area contributed by atoms with Crippen molar-refractivity contribution in [3.63, 3.8) is 0 Å². The number of rotatable bonds is 6. The highest BCUT2D eigenvalue weighted by Gasteiger charge is 2.25. The standard InChI is InChI=1S/C27H26N4O4/c1-3-21-13-24(30-35-21)26(32)29-15-23-17(2)28-14-20-16-31(10-9-22(20)23)27(33)19-7-4-6-18(12-19)25-8-5-11-34-25/h4-8,11-14H,3,9-10,15-16H2,1-2H3,(H,29,32). The Hall–Kier alpha value is -4.20. The summed E-state index contributed by atoms with van der Waals surface area (Å²) in [6.07, 6.45) is 4.82. The van der Waals surface area contributed by atoms with Crippen molar-refractivity contribution in [1.82, 2.24) is 20.4 Å². The van der Waals surface area contributed by atoms with Gasteiger partial charge in [0.25, 0.3) is 11.8 Å². The predicted octanol–water partition coefficient (Wildman–Crippen LogP) is 4.33. The van der Waals surface area contributed by atoms with Crippen molar-refractivity contribution in [2.45, 2.75) is 39.8 Å². The molecule has 0 atom stereocenters. The van der Waals surface area contributed by atoms with Crippen LogP contribution in [-0.2, 0) is 25.9 Å². The van der Waals surface area contributed by atoms with E-state index in [0.717, 1.165) is 33.7 Å². The largest absolute Gasteiger partial charge is 0.464 e. The Morgan fingerprint density at radius 1 is 1.17 bits per heavy atom. The Morgan fingerprint density at radius 3 is 2.83 bits per heavy atom. The molecule has 0 saturated carbocycles. The summed E-state index contributed by atoms with van der Waals surface area (Å²) in [4.78, 5) is 32.2. The first-order chi connectivity index (χ1) is 17.0. The fraction of sp³-hybridized carbons (Fsp3) is 0.259. The van der Waals surface area contributed by atoms with Gasteiger partial charge in [-0.1, -0.05) is 24.2 Å². The van der Waals surface area contributed by atoms with Gasteiger partial charge in [-0.2, -0.15) is 0 Å². The Morgan fingerprint density at radius 2 is 2.06 bits per heavy atom. The number of aryl methyl sites for hydroxylation is 2. The zero-order chi connectivity index (χ0) is 24.4. The molecule has 178 valence electrons. The molecule has 1 aliphatic rings. The third kappa shape index (κ3) is 4.59. The van der Waals surface area contributed by atoms with E-state index in [1.165, 1.54) is 0 Å². The van der Waals surface area contributed by atoms with Crippen LogP contribution < -0.4 is 5.32 Å². The van der Waals surface area contributed by atoms with Gasteiger partial charge in [0.15, 0.2) is 5.69 Å². The van der Waals surface area contributed by atoms with Crippen LogP contribution in [0.4, 0.5) is 0 Å². The van der Waals surface area contributed by atoms with Crippen LogP contribution in [0, 0.1) is 6.92 Å². The second-order valence-corrected chi connectivity index (χ2v) is 8.58. The number of carbonyl (C=O) groups excluding carboxylic acids is 2. The Balaban J connectivity index is 1.31. The molecule has 0 bridgehead atoms. The van der Waals surface area contributed by atoms with Gasteiger partial charge in [0, 0.05) is 55.1 Å². The number of furan rings is 1. The van der Waals surface area contributed by atoms with Crippen molar-refractivity contribution in [2.75, 3.05) is 6.54 Å². The maximum absolute atomic E-state index is 13.3. The second-order valence-electron chi connectivity index (χ2n) is 8.58. The molecule has 4 aromatic rings. The first kappa shape index (κ1) is 22.6. The number of hydrogen-bond acceptors (Lipinski definition) is 6. The molecule has 0 unspecified atom stereocenters. The van der Waals surface area contributed by atoms with Crippen molar-refractivity contribution in [2.24, 2.45) is 0 Å². The molecule has 0 fully saturated rings. The number of amides is 2. The van der Waals surface area contributed by atoms with E-state index >= 15 is 0 Å². The number of nitrogens with one attached hydrogen (secondary N) is 1. The molecule has 1 N–H and O–H groups in total. The van der Waals surface area contributed by atoms with Gasteiger partial charge < -0.3 is 19.2 Å². The van der Waals surface area contributed by atoms with Crippen molar-refractivity contribution >= 4 is 11.8 Å². The minimum absolute atomic E-state index is 0.0303. The summed E-state index contributed by atoms with van der Waals surface area (Å²) in [5, 5.41) is 6.77. The molecule has 5 rings (SSSR count). The number of fused-ring (bicyclic) bond motifs is 1. The summed E-state index contributed by atoms with van der Waals surface area (Å²) >= 11 is 0. The van der Waals surface area contributed by atoms with E-state index in [1.807, 2.05) is 61.3 Å². The monoisotopic (exact) mass is 470 g/mol. The molecule has 0 spiro atoms. The fourth-order valence-electron chi connectivity index (χ4n) is 4.41. The van der Waals surface area contributed by atoms with Crippen LogP contribution in [0.1, 0.15) is 55.9 Å². The topological polar surface area (TPSA) is 101 Å². The zero-order valence-electron chi connectivity index (χ0n) is 19.7. The molecule has 35 heavy (non-hydrogen) atoms. The number of hydrogen-bond donors (Lipinski definition) is 1. The molecule has 0 saturated heterocycles. The van der Waals surface area contributed by atoms with Gasteiger partial charge in [-0.15, -0.1) is 0 Å². The minimum Gasteiger partial charge on any atom is -0.464 e. The summed E-state index contributed by atoms with van der Waals surface area (Å²) in [7, 11) is 0. The third-order valence-corrected chi connectivity index (χ3v) is 6.36. The van der Waals surface area contributed by atoms with Crippen LogP contribution in [-0.4, -0.2) is 33.4 Å². The Kier molecular flexibility index (Phi) is 6.18. The fourth-order valence-corrected chi connectivity index (χ4v) is 4.41. The third-order valence-electron chi connectivity index (χ3n) is 6.36. The Bertz CT molecular complexity index is 1370. The number of aromatic nitrogens is 2. The highest BCUT2D eigenvalue weighted by atomic mass is 16.5. The smallest absolute Gasteiger partial charge is 0.273 e. The molecule has 4 heterocycles. The van der Waals surface area contributed by atoms with Gasteiger partial charge in [-0.3, -0.25) is 14.6 Å². The molecule has 8 heteroatoms. The molecular weight excluding hydrogens is 444 g/mol. The van der Waals surface area contributed by atoms with Crippen LogP contribution in [0.15, 0.2) is 63.9 Å². The number of carbonyl (C=O) groups is 2. The van der Waals surface area contributed by atoms with Crippen molar-refractivity contribution in [3.8, 4) is 11.3 Å². The van der Waals surface area contributed by atoms with Gasteiger partial charge in [-0.05, 0) is 54.3 Å². The molecule has 3 aromatic heterocycles. The maximum Gasteiger partial charge on any atom is 0.273 e. The highest BCUT2D eigenvalue weighted by molar-refractivity contribution is 5.95. The Labute approximate surface area is 202 Å². The average Bonchev–Trinajstić information content (AvgIpc) is 3.60. The summed E-state index contributed by atoms with van der Waals surface area (Å²) in [6, 6.07) is 12.8. The van der Waals surface area contributed by atoms with Crippen LogP contribution in [0.5, 0.6) is 0 Å². The molecule has 1 aliphatic heterocycles. The van der Waals surface area contributed by atoms with E-state index < -0.39 is 0 Å². The van der Waals surface area contributed by atoms with Crippen molar-refractivity contribution in [1.29, 1.82) is 0 Å². The van der Waals surface area contributed by atoms with E-state index in [9.17, 15) is 9.59 Å². The van der Waals surface area contributed by atoms with Gasteiger partial charge in [0.1, 0.15) is 11.5 Å².